The molecule has 2 N–H and O–H groups in total. The van der Waals surface area contributed by atoms with Crippen LogP contribution in [0.1, 0.15) is 61.0 Å². The molecule has 3 fully saturated rings. The van der Waals surface area contributed by atoms with Crippen molar-refractivity contribution in [1.82, 2.24) is 9.80 Å². The lowest BCUT2D eigenvalue weighted by Gasteiger charge is -2.41. The minimum absolute atomic E-state index is 0.276. The van der Waals surface area contributed by atoms with E-state index < -0.39 is 51.1 Å². The van der Waals surface area contributed by atoms with Crippen LogP contribution in [0.2, 0.25) is 0 Å². The lowest BCUT2D eigenvalue weighted by molar-refractivity contribution is -0.119. The summed E-state index contributed by atoms with van der Waals surface area (Å²) in [5, 5.41) is 0. The van der Waals surface area contributed by atoms with Crippen molar-refractivity contribution in [2.75, 3.05) is 45.5 Å². The Bertz CT molecular complexity index is 1590. The van der Waals surface area contributed by atoms with E-state index >= 15 is 0 Å². The maximum atomic E-state index is 12.4. The zero-order valence-electron chi connectivity index (χ0n) is 38.0. The summed E-state index contributed by atoms with van der Waals surface area (Å²) in [5.41, 5.74) is 8.19. The molecule has 8 nitrogen and oxygen atoms in total. The van der Waals surface area contributed by atoms with Crippen LogP contribution >= 0.6 is 0 Å². The van der Waals surface area contributed by atoms with Gasteiger partial charge in [-0.25, -0.2) is 0 Å². The third-order valence-electron chi connectivity index (χ3n) is 12.7. The van der Waals surface area contributed by atoms with Crippen molar-refractivity contribution in [2.45, 2.75) is 84.2 Å². The molecule has 3 saturated heterocycles. The molecule has 5 rings (SSSR count). The molecule has 0 bridgehead atoms. The van der Waals surface area contributed by atoms with Gasteiger partial charge in [-0.2, -0.15) is 0 Å². The third-order valence-corrected chi connectivity index (χ3v) is 12.7. The molecule has 285 valence electrons. The highest BCUT2D eigenvalue weighted by Gasteiger charge is 2.53. The number of carbonyl (C=O) groups is 1. The predicted octanol–water partition coefficient (Wildman–Crippen LogP) is -4.32. The second kappa shape index (κ2) is 23.0. The molecule has 0 atom stereocenters. The summed E-state index contributed by atoms with van der Waals surface area (Å²) >= 11 is 0. The summed E-state index contributed by atoms with van der Waals surface area (Å²) in [6.45, 7) is 21.0. The van der Waals surface area contributed by atoms with Crippen molar-refractivity contribution in [1.29, 1.82) is 0 Å². The van der Waals surface area contributed by atoms with E-state index in [1.54, 1.807) is 0 Å². The second-order valence-electron chi connectivity index (χ2n) is 18.7. The Labute approximate surface area is 387 Å². The van der Waals surface area contributed by atoms with Crippen molar-refractivity contribution in [3.63, 3.8) is 0 Å². The summed E-state index contributed by atoms with van der Waals surface area (Å²) in [6.07, 6.45) is -5.24. The standard InChI is InChI=1S/C20H31BN2O3.C12H18BNO2.B19/c1-19(2)20(3,4)26-21(25-19)17-8-6-16(7-9-17)14-18(24)15-23-12-10-22(5)11-13-23;1-11(2)12(3,4)16-13(15-11)9-5-7-10(14)8-6-9;1-11-16(10)19(17(12(2)3)13(4)5)18(14(6)7)15(8)9/h6-9H,10-15H2,1-5H3;5-8H,14H2,1-4H3;. The lowest BCUT2D eigenvalue weighted by atomic mass is 8.40. The van der Waals surface area contributed by atoms with Crippen LogP contribution in [0.15, 0.2) is 48.5 Å². The van der Waals surface area contributed by atoms with Crippen molar-refractivity contribution in [3.05, 3.63) is 54.1 Å². The first-order chi connectivity index (χ1) is 28.1. The van der Waals surface area contributed by atoms with Gasteiger partial charge in [-0.3, -0.25) is 9.69 Å². The molecule has 2 aromatic rings. The number of nitrogen functional groups attached to an aromatic ring is 1. The van der Waals surface area contributed by atoms with Gasteiger partial charge in [0.25, 0.3) is 0 Å². The van der Waals surface area contributed by atoms with Gasteiger partial charge in [-0.15, -0.1) is 0 Å². The molecule has 3 aliphatic heterocycles. The minimum atomic E-state index is -0.837. The van der Waals surface area contributed by atoms with Gasteiger partial charge in [0.2, 0.25) is 0 Å². The Kier molecular flexibility index (Phi) is 20.5. The first-order valence-corrected chi connectivity index (χ1v) is 21.1. The van der Waals surface area contributed by atoms with E-state index in [2.05, 4.69) is 44.5 Å². The van der Waals surface area contributed by atoms with E-state index in [9.17, 15) is 4.79 Å². The molecule has 2 aromatic carbocycles. The maximum absolute atomic E-state index is 12.4. The summed E-state index contributed by atoms with van der Waals surface area (Å²) in [7, 11) is 59.9. The summed E-state index contributed by atoms with van der Waals surface area (Å²) in [4.78, 5) is 16.9. The number of carbonyl (C=O) groups excluding carboxylic acids is 1. The van der Waals surface area contributed by atoms with Gasteiger partial charge in [-0.05, 0) is 91.1 Å². The zero-order valence-corrected chi connectivity index (χ0v) is 38.0. The van der Waals surface area contributed by atoms with Crippen LogP contribution in [0.3, 0.4) is 0 Å². The van der Waals surface area contributed by atoms with Crippen LogP contribution in [0.4, 0.5) is 5.69 Å². The SMILES string of the molecule is CC1(C)OB(c2ccc(N)cc2)OC1(C)C.CN1CCN(CC(=O)Cc2ccc(B3OC(C)(C)C(C)(C)O3)cc2)CC1.[B][B]B([B])B(B(B([B])[B])B([B])[B])B(B([B])[B])B([B])[B]. The molecule has 0 saturated carbocycles. The minimum Gasteiger partial charge on any atom is -0.399 e. The normalized spacial score (nSPS) is 18.6. The van der Waals surface area contributed by atoms with Crippen molar-refractivity contribution in [3.8, 4) is 0 Å². The number of hydrogen-bond donors (Lipinski definition) is 1. The van der Waals surface area contributed by atoms with Crippen molar-refractivity contribution < 1.29 is 23.4 Å². The first-order valence-electron chi connectivity index (χ1n) is 21.1. The molecule has 0 spiro atoms. The summed E-state index contributed by atoms with van der Waals surface area (Å²) < 4.78 is 24.0. The highest BCUT2D eigenvalue weighted by molar-refractivity contribution is 8.18. The van der Waals surface area contributed by atoms with Gasteiger partial charge >= 0.3 is 14.2 Å². The summed E-state index contributed by atoms with van der Waals surface area (Å²) in [5.74, 6) is 0.276. The number of nitrogens with zero attached hydrogens (tertiary/aromatic N) is 2. The fourth-order valence-corrected chi connectivity index (χ4v) is 7.38. The highest BCUT2D eigenvalue weighted by Crippen LogP contribution is 2.37. The highest BCUT2D eigenvalue weighted by atomic mass is 16.7. The Balaban J connectivity index is 0.000000253. The quantitative estimate of drug-likeness (QED) is 0.152. The molecular formula is C32H49B21N3O5. The average Bonchev–Trinajstić information content (AvgIpc) is 3.51. The average molecular weight is 783 g/mol. The Morgan fingerprint density at radius 2 is 0.967 bits per heavy atom. The summed E-state index contributed by atoms with van der Waals surface area (Å²) in [6, 6.07) is 15.7. The first kappa shape index (κ1) is 54.4. The molecule has 0 aliphatic carbocycles. The molecular weight excluding hydrogens is 733 g/mol. The van der Waals surface area contributed by atoms with Crippen LogP contribution in [0, 0.1) is 0 Å². The smallest absolute Gasteiger partial charge is 0.399 e. The fourth-order valence-electron chi connectivity index (χ4n) is 7.38. The third kappa shape index (κ3) is 15.0. The number of Topliss-reactive ketones (excluding diaryl/α,β-unsaturated/α-hetero) is 1. The number of benzene rings is 2. The molecule has 3 heterocycles. The Morgan fingerprint density at radius 1 is 0.623 bits per heavy atom. The van der Waals surface area contributed by atoms with Gasteiger partial charge in [0.1, 0.15) is 0 Å². The van der Waals surface area contributed by atoms with Gasteiger partial charge in [0.15, 0.2) is 5.78 Å². The second-order valence-corrected chi connectivity index (χ2v) is 18.7. The van der Waals surface area contributed by atoms with Crippen LogP contribution in [0.25, 0.3) is 0 Å². The van der Waals surface area contributed by atoms with Gasteiger partial charge in [0, 0.05) is 174 Å². The van der Waals surface area contributed by atoms with Crippen LogP contribution in [-0.2, 0) is 29.8 Å². The molecule has 29 heteroatoms. The molecule has 21 radical (unpaired) electrons. The van der Waals surface area contributed by atoms with E-state index in [4.69, 9.17) is 102 Å². The fraction of sp³-hybridized carbons (Fsp3) is 0.594. The molecule has 3 aliphatic rings. The van der Waals surface area contributed by atoms with Gasteiger partial charge in [0.05, 0.1) is 28.9 Å². The largest absolute Gasteiger partial charge is 0.494 e. The van der Waals surface area contributed by atoms with E-state index in [0.717, 1.165) is 48.4 Å². The number of likely N-dealkylation sites (N-methyl/N-ethyl adjacent to an activating group) is 1. The zero-order chi connectivity index (χ0) is 46.2. The van der Waals surface area contributed by atoms with E-state index in [-0.39, 0.29) is 42.4 Å². The Morgan fingerprint density at radius 3 is 1.30 bits per heavy atom. The number of hydrogen-bond acceptors (Lipinski definition) is 8. The van der Waals surface area contributed by atoms with E-state index in [0.29, 0.717) is 13.0 Å². The van der Waals surface area contributed by atoms with Crippen molar-refractivity contribution >= 4 is 172 Å². The number of anilines is 1. The van der Waals surface area contributed by atoms with E-state index in [1.165, 1.54) is 7.06 Å². The van der Waals surface area contributed by atoms with Crippen LogP contribution < -0.4 is 16.7 Å². The monoisotopic (exact) mass is 787 g/mol. The van der Waals surface area contributed by atoms with Gasteiger partial charge < -0.3 is 29.3 Å². The van der Waals surface area contributed by atoms with Gasteiger partial charge in [-0.1, -0.05) is 36.4 Å². The lowest BCUT2D eigenvalue weighted by Crippen LogP contribution is -2.79. The molecule has 0 amide bonds. The molecule has 0 aromatic heterocycles. The predicted molar refractivity (Wildman–Crippen MR) is 281 cm³/mol. The molecule has 61 heavy (non-hydrogen) atoms. The van der Waals surface area contributed by atoms with E-state index in [1.807, 2.05) is 76.2 Å². The maximum Gasteiger partial charge on any atom is 0.494 e. The Hall–Kier alpha value is -0.966. The number of piperazine rings is 1. The van der Waals surface area contributed by atoms with Crippen LogP contribution in [0.5, 0.6) is 0 Å². The molecule has 0 unspecified atom stereocenters. The van der Waals surface area contributed by atoms with Crippen molar-refractivity contribution in [2.24, 2.45) is 0 Å². The topological polar surface area (TPSA) is 86.5 Å². The number of ketones is 1. The number of nitrogens with two attached hydrogens (primary N) is 1. The number of rotatable bonds is 14. The van der Waals surface area contributed by atoms with Crippen LogP contribution in [-0.4, -0.2) is 228 Å².